The lowest BCUT2D eigenvalue weighted by Crippen LogP contribution is -2.33. The third-order valence-electron chi connectivity index (χ3n) is 3.49. The summed E-state index contributed by atoms with van der Waals surface area (Å²) in [5.41, 5.74) is 0.797. The molecule has 0 amide bonds. The molecule has 2 aromatic carbocycles. The average Bonchev–Trinajstić information content (AvgIpc) is 2.49. The van der Waals surface area contributed by atoms with E-state index in [1.54, 1.807) is 6.07 Å². The summed E-state index contributed by atoms with van der Waals surface area (Å²) in [6.45, 7) is 0. The van der Waals surface area contributed by atoms with Gasteiger partial charge in [0.1, 0.15) is 11.6 Å². The Morgan fingerprint density at radius 2 is 1.67 bits per heavy atom. The van der Waals surface area contributed by atoms with E-state index in [9.17, 15) is 8.78 Å². The summed E-state index contributed by atoms with van der Waals surface area (Å²) in [6, 6.07) is 11.0. The van der Waals surface area contributed by atoms with Gasteiger partial charge in [-0.05, 0) is 41.8 Å². The molecule has 112 valence electrons. The molecule has 0 aliphatic heterocycles. The Labute approximate surface area is 144 Å². The van der Waals surface area contributed by atoms with Gasteiger partial charge in [-0.2, -0.15) is 0 Å². The molecule has 0 aliphatic rings. The van der Waals surface area contributed by atoms with Crippen LogP contribution < -0.4 is 0 Å². The topological polar surface area (TPSA) is 0 Å². The van der Waals surface area contributed by atoms with Gasteiger partial charge in [-0.25, -0.2) is 8.78 Å². The molecule has 2 rings (SSSR count). The highest BCUT2D eigenvalue weighted by Gasteiger charge is 2.33. The minimum absolute atomic E-state index is 0.341. The van der Waals surface area contributed by atoms with Crippen LogP contribution in [0.2, 0.25) is 5.02 Å². The second-order valence-corrected chi connectivity index (χ2v) is 6.47. The monoisotopic (exact) mass is 436 g/mol. The summed E-state index contributed by atoms with van der Waals surface area (Å²) in [6.07, 6.45) is 0.344. The molecule has 0 atom stereocenters. The smallest absolute Gasteiger partial charge is 0.126 e. The largest absolute Gasteiger partial charge is 0.207 e. The Morgan fingerprint density at radius 1 is 1.00 bits per heavy atom. The van der Waals surface area contributed by atoms with Crippen LogP contribution in [0.4, 0.5) is 8.78 Å². The van der Waals surface area contributed by atoms with E-state index in [1.165, 1.54) is 6.07 Å². The van der Waals surface area contributed by atoms with E-state index in [-0.39, 0.29) is 0 Å². The maximum Gasteiger partial charge on any atom is 0.126 e. The van der Waals surface area contributed by atoms with Gasteiger partial charge < -0.3 is 0 Å². The number of rotatable bonds is 5. The van der Waals surface area contributed by atoms with Gasteiger partial charge in [0, 0.05) is 21.1 Å². The number of halogens is 5. The van der Waals surface area contributed by atoms with Crippen LogP contribution in [-0.4, -0.2) is 10.7 Å². The molecule has 0 nitrogen and oxygen atoms in total. The van der Waals surface area contributed by atoms with Crippen LogP contribution in [0.5, 0.6) is 0 Å². The highest BCUT2D eigenvalue weighted by atomic mass is 79.9. The summed E-state index contributed by atoms with van der Waals surface area (Å²) in [5.74, 6) is -0.849. The van der Waals surface area contributed by atoms with Crippen molar-refractivity contribution in [1.82, 2.24) is 0 Å². The van der Waals surface area contributed by atoms with Gasteiger partial charge in [-0.15, -0.1) is 0 Å². The fourth-order valence-corrected chi connectivity index (χ4v) is 4.57. The SMILES string of the molecule is Fc1ccc(F)c(CC(CBr)(CBr)c2ccccc2Cl)c1. The van der Waals surface area contributed by atoms with Gasteiger partial charge in [-0.3, -0.25) is 0 Å². The summed E-state index contributed by atoms with van der Waals surface area (Å²) in [4.78, 5) is 0. The molecular formula is C16H13Br2ClF2. The molecular weight excluding hydrogens is 425 g/mol. The number of hydrogen-bond acceptors (Lipinski definition) is 0. The van der Waals surface area contributed by atoms with Crippen molar-refractivity contribution in [3.8, 4) is 0 Å². The number of alkyl halides is 2. The third kappa shape index (κ3) is 3.66. The number of hydrogen-bond donors (Lipinski definition) is 0. The van der Waals surface area contributed by atoms with Crippen molar-refractivity contribution >= 4 is 43.5 Å². The van der Waals surface area contributed by atoms with E-state index in [0.717, 1.165) is 17.7 Å². The first-order valence-electron chi connectivity index (χ1n) is 6.33. The highest BCUT2D eigenvalue weighted by molar-refractivity contribution is 9.09. The van der Waals surface area contributed by atoms with E-state index in [1.807, 2.05) is 18.2 Å². The lowest BCUT2D eigenvalue weighted by molar-refractivity contribution is 0.516. The fourth-order valence-electron chi connectivity index (χ4n) is 2.30. The molecule has 0 N–H and O–H groups in total. The minimum atomic E-state index is -0.451. The molecule has 0 aliphatic carbocycles. The molecule has 0 heterocycles. The van der Waals surface area contributed by atoms with Crippen LogP contribution in [0.3, 0.4) is 0 Å². The summed E-state index contributed by atoms with van der Waals surface area (Å²) in [5, 5.41) is 1.77. The quantitative estimate of drug-likeness (QED) is 0.511. The van der Waals surface area contributed by atoms with Crippen LogP contribution in [-0.2, 0) is 11.8 Å². The Balaban J connectivity index is 2.48. The Bertz CT molecular complexity index is 627. The zero-order valence-electron chi connectivity index (χ0n) is 11.1. The molecule has 21 heavy (non-hydrogen) atoms. The van der Waals surface area contributed by atoms with E-state index in [2.05, 4.69) is 31.9 Å². The zero-order valence-corrected chi connectivity index (χ0v) is 15.0. The summed E-state index contributed by atoms with van der Waals surface area (Å²) in [7, 11) is 0. The van der Waals surface area contributed by atoms with Gasteiger partial charge in [0.25, 0.3) is 0 Å². The maximum atomic E-state index is 14.0. The first kappa shape index (κ1) is 16.9. The summed E-state index contributed by atoms with van der Waals surface area (Å²) >= 11 is 13.3. The molecule has 0 saturated carbocycles. The van der Waals surface area contributed by atoms with Gasteiger partial charge in [0.2, 0.25) is 0 Å². The molecule has 0 saturated heterocycles. The Hall–Kier alpha value is -0.450. The Morgan fingerprint density at radius 3 is 2.29 bits per heavy atom. The van der Waals surface area contributed by atoms with Gasteiger partial charge in [0.05, 0.1) is 0 Å². The summed E-state index contributed by atoms with van der Waals surface area (Å²) < 4.78 is 27.4. The number of benzene rings is 2. The molecule has 0 spiro atoms. The lowest BCUT2D eigenvalue weighted by Gasteiger charge is -2.32. The standard InChI is InChI=1S/C16H13Br2ClF2/c17-9-16(10-18,13-3-1-2-4-14(13)19)8-11-7-12(20)5-6-15(11)21/h1-7H,8-10H2. The highest BCUT2D eigenvalue weighted by Crippen LogP contribution is 2.37. The second kappa shape index (κ2) is 7.21. The van der Waals surface area contributed by atoms with Crippen molar-refractivity contribution in [2.45, 2.75) is 11.8 Å². The molecule has 5 heteroatoms. The van der Waals surface area contributed by atoms with Crippen LogP contribution in [0.25, 0.3) is 0 Å². The average molecular weight is 439 g/mol. The van der Waals surface area contributed by atoms with E-state index in [4.69, 9.17) is 11.6 Å². The van der Waals surface area contributed by atoms with E-state index in [0.29, 0.717) is 27.7 Å². The van der Waals surface area contributed by atoms with Crippen LogP contribution in [0.15, 0.2) is 42.5 Å². The zero-order chi connectivity index (χ0) is 15.5. The molecule has 0 aromatic heterocycles. The van der Waals surface area contributed by atoms with Crippen LogP contribution in [0.1, 0.15) is 11.1 Å². The van der Waals surface area contributed by atoms with Crippen molar-refractivity contribution in [3.05, 3.63) is 70.2 Å². The van der Waals surface area contributed by atoms with Crippen LogP contribution >= 0.6 is 43.5 Å². The van der Waals surface area contributed by atoms with Crippen molar-refractivity contribution in [3.63, 3.8) is 0 Å². The van der Waals surface area contributed by atoms with Crippen molar-refractivity contribution in [2.75, 3.05) is 10.7 Å². The molecule has 0 radical (unpaired) electrons. The van der Waals surface area contributed by atoms with Crippen molar-refractivity contribution < 1.29 is 8.78 Å². The first-order chi connectivity index (χ1) is 10.0. The first-order valence-corrected chi connectivity index (χ1v) is 8.95. The van der Waals surface area contributed by atoms with Crippen LogP contribution in [0, 0.1) is 11.6 Å². The normalized spacial score (nSPS) is 11.7. The van der Waals surface area contributed by atoms with Gasteiger partial charge in [-0.1, -0.05) is 61.7 Å². The van der Waals surface area contributed by atoms with Crippen molar-refractivity contribution in [1.29, 1.82) is 0 Å². The van der Waals surface area contributed by atoms with Gasteiger partial charge in [0.15, 0.2) is 0 Å². The fraction of sp³-hybridized carbons (Fsp3) is 0.250. The maximum absolute atomic E-state index is 14.0. The molecule has 0 fully saturated rings. The second-order valence-electron chi connectivity index (χ2n) is 4.94. The van der Waals surface area contributed by atoms with E-state index < -0.39 is 17.0 Å². The predicted octanol–water partition coefficient (Wildman–Crippen LogP) is 5.89. The van der Waals surface area contributed by atoms with E-state index >= 15 is 0 Å². The Kier molecular flexibility index (Phi) is 5.81. The minimum Gasteiger partial charge on any atom is -0.207 e. The molecule has 2 aromatic rings. The lowest BCUT2D eigenvalue weighted by atomic mass is 9.79. The predicted molar refractivity (Wildman–Crippen MR) is 90.8 cm³/mol. The third-order valence-corrected chi connectivity index (χ3v) is 5.97. The molecule has 0 bridgehead atoms. The van der Waals surface area contributed by atoms with Gasteiger partial charge >= 0.3 is 0 Å². The van der Waals surface area contributed by atoms with Crippen molar-refractivity contribution in [2.24, 2.45) is 0 Å². The molecule has 0 unspecified atom stereocenters.